The molecule has 0 aromatic heterocycles. The van der Waals surface area contributed by atoms with Crippen LogP contribution in [0.1, 0.15) is 59.8 Å². The molecule has 2 N–H and O–H groups in total. The average molecular weight is 255 g/mol. The molecule has 3 heteroatoms. The number of carbonyl (C=O) groups excluding carboxylic acids is 1. The second-order valence-corrected chi connectivity index (χ2v) is 6.73. The highest BCUT2D eigenvalue weighted by molar-refractivity contribution is 5.70. The molecule has 0 bridgehead atoms. The molecule has 0 amide bonds. The third-order valence-electron chi connectivity index (χ3n) is 4.87. The Balaban J connectivity index is 3.11. The molecule has 0 saturated heterocycles. The van der Waals surface area contributed by atoms with Crippen LogP contribution in [-0.4, -0.2) is 18.6 Å². The van der Waals surface area contributed by atoms with Crippen molar-refractivity contribution < 1.29 is 9.53 Å². The summed E-state index contributed by atoms with van der Waals surface area (Å²) in [5.41, 5.74) is 6.00. The summed E-state index contributed by atoms with van der Waals surface area (Å²) in [5, 5.41) is 0. The van der Waals surface area contributed by atoms with Gasteiger partial charge in [-0.15, -0.1) is 0 Å². The lowest BCUT2D eigenvalue weighted by molar-refractivity contribution is -0.148. The Hall–Kier alpha value is -0.570. The summed E-state index contributed by atoms with van der Waals surface area (Å²) < 4.78 is 4.91. The van der Waals surface area contributed by atoms with Crippen LogP contribution in [0.15, 0.2) is 0 Å². The first-order valence-electron chi connectivity index (χ1n) is 7.10. The molecule has 0 aliphatic heterocycles. The Kier molecular flexibility index (Phi) is 4.82. The number of ether oxygens (including phenoxy) is 1. The van der Waals surface area contributed by atoms with Gasteiger partial charge in [-0.1, -0.05) is 26.7 Å². The largest absolute Gasteiger partial charge is 0.469 e. The van der Waals surface area contributed by atoms with E-state index >= 15 is 0 Å². The van der Waals surface area contributed by atoms with E-state index in [1.807, 2.05) is 0 Å². The first-order chi connectivity index (χ1) is 8.24. The summed E-state index contributed by atoms with van der Waals surface area (Å²) in [6.45, 7) is 8.62. The first-order valence-corrected chi connectivity index (χ1v) is 7.10. The van der Waals surface area contributed by atoms with Gasteiger partial charge in [0.15, 0.2) is 0 Å². The minimum absolute atomic E-state index is 0.119. The Morgan fingerprint density at radius 1 is 1.44 bits per heavy atom. The Morgan fingerprint density at radius 2 is 2.06 bits per heavy atom. The van der Waals surface area contributed by atoms with Gasteiger partial charge >= 0.3 is 5.97 Å². The number of nitrogens with two attached hydrogens (primary N) is 1. The molecule has 2 atom stereocenters. The molecule has 1 rings (SSSR count). The molecule has 1 saturated carbocycles. The van der Waals surface area contributed by atoms with Crippen molar-refractivity contribution in [2.45, 2.75) is 65.3 Å². The molecule has 0 radical (unpaired) electrons. The van der Waals surface area contributed by atoms with Crippen molar-refractivity contribution in [1.82, 2.24) is 0 Å². The van der Waals surface area contributed by atoms with Crippen molar-refractivity contribution in [3.05, 3.63) is 0 Å². The van der Waals surface area contributed by atoms with Crippen molar-refractivity contribution >= 4 is 5.97 Å². The first kappa shape index (κ1) is 15.5. The minimum Gasteiger partial charge on any atom is -0.469 e. The highest BCUT2D eigenvalue weighted by Crippen LogP contribution is 2.53. The van der Waals surface area contributed by atoms with Gasteiger partial charge in [-0.2, -0.15) is 0 Å². The van der Waals surface area contributed by atoms with Gasteiger partial charge in [0.25, 0.3) is 0 Å². The predicted molar refractivity (Wildman–Crippen MR) is 74.1 cm³/mol. The van der Waals surface area contributed by atoms with E-state index in [9.17, 15) is 4.79 Å². The van der Waals surface area contributed by atoms with E-state index in [0.29, 0.717) is 18.3 Å². The van der Waals surface area contributed by atoms with Gasteiger partial charge in [0.05, 0.1) is 13.5 Å². The second-order valence-electron chi connectivity index (χ2n) is 6.73. The van der Waals surface area contributed by atoms with E-state index in [2.05, 4.69) is 27.7 Å². The van der Waals surface area contributed by atoms with Crippen LogP contribution in [-0.2, 0) is 9.53 Å². The number of hydrogen-bond donors (Lipinski definition) is 1. The van der Waals surface area contributed by atoms with E-state index in [-0.39, 0.29) is 16.9 Å². The maximum Gasteiger partial charge on any atom is 0.306 e. The van der Waals surface area contributed by atoms with Gasteiger partial charge in [-0.3, -0.25) is 4.79 Å². The van der Waals surface area contributed by atoms with Crippen LogP contribution in [0.3, 0.4) is 0 Å². The quantitative estimate of drug-likeness (QED) is 0.785. The summed E-state index contributed by atoms with van der Waals surface area (Å²) in [6.07, 6.45) is 5.09. The standard InChI is InChI=1S/C15H29NO2/c1-11(2)12-8-6-7-9-15(12,14(3,4)16)10-13(17)18-5/h11-12H,6-10,16H2,1-5H3. The number of esters is 1. The van der Waals surface area contributed by atoms with Gasteiger partial charge in [0.1, 0.15) is 0 Å². The molecule has 0 heterocycles. The van der Waals surface area contributed by atoms with Gasteiger partial charge in [0.2, 0.25) is 0 Å². The monoisotopic (exact) mass is 255 g/mol. The fourth-order valence-electron chi connectivity index (χ4n) is 3.81. The summed E-state index contributed by atoms with van der Waals surface area (Å²) in [7, 11) is 1.47. The van der Waals surface area contributed by atoms with E-state index in [0.717, 1.165) is 6.42 Å². The summed E-state index contributed by atoms with van der Waals surface area (Å²) in [5.74, 6) is 0.934. The lowest BCUT2D eigenvalue weighted by atomic mass is 9.53. The Morgan fingerprint density at radius 3 is 2.50 bits per heavy atom. The lowest BCUT2D eigenvalue weighted by Gasteiger charge is -2.53. The molecule has 1 aliphatic rings. The molecule has 106 valence electrons. The molecule has 18 heavy (non-hydrogen) atoms. The zero-order chi connectivity index (χ0) is 14.0. The molecule has 0 spiro atoms. The Labute approximate surface area is 111 Å². The van der Waals surface area contributed by atoms with Crippen molar-refractivity contribution in [2.24, 2.45) is 23.0 Å². The van der Waals surface area contributed by atoms with Crippen LogP contribution < -0.4 is 5.73 Å². The molecular weight excluding hydrogens is 226 g/mol. The maximum atomic E-state index is 11.8. The van der Waals surface area contributed by atoms with Crippen molar-refractivity contribution in [2.75, 3.05) is 7.11 Å². The normalized spacial score (nSPS) is 29.4. The minimum atomic E-state index is -0.351. The lowest BCUT2D eigenvalue weighted by Crippen LogP contribution is -2.58. The smallest absolute Gasteiger partial charge is 0.306 e. The van der Waals surface area contributed by atoms with Crippen LogP contribution in [0.2, 0.25) is 0 Å². The summed E-state index contributed by atoms with van der Waals surface area (Å²) in [6, 6.07) is 0. The molecule has 3 nitrogen and oxygen atoms in total. The number of methoxy groups -OCH3 is 1. The van der Waals surface area contributed by atoms with E-state index in [1.54, 1.807) is 0 Å². The summed E-state index contributed by atoms with van der Waals surface area (Å²) in [4.78, 5) is 11.8. The van der Waals surface area contributed by atoms with Gasteiger partial charge in [-0.05, 0) is 38.5 Å². The topological polar surface area (TPSA) is 52.3 Å². The van der Waals surface area contributed by atoms with Crippen molar-refractivity contribution in [1.29, 1.82) is 0 Å². The predicted octanol–water partition coefficient (Wildman–Crippen LogP) is 3.12. The molecule has 1 aliphatic carbocycles. The van der Waals surface area contributed by atoms with Crippen LogP contribution >= 0.6 is 0 Å². The zero-order valence-corrected chi connectivity index (χ0v) is 12.6. The third-order valence-corrected chi connectivity index (χ3v) is 4.87. The van der Waals surface area contributed by atoms with E-state index < -0.39 is 0 Å². The fourth-order valence-corrected chi connectivity index (χ4v) is 3.81. The van der Waals surface area contributed by atoms with Gasteiger partial charge < -0.3 is 10.5 Å². The maximum absolute atomic E-state index is 11.8. The number of hydrogen-bond acceptors (Lipinski definition) is 3. The van der Waals surface area contributed by atoms with Crippen LogP contribution in [0, 0.1) is 17.3 Å². The van der Waals surface area contributed by atoms with Gasteiger partial charge in [-0.25, -0.2) is 0 Å². The summed E-state index contributed by atoms with van der Waals surface area (Å²) >= 11 is 0. The zero-order valence-electron chi connectivity index (χ0n) is 12.6. The fraction of sp³-hybridized carbons (Fsp3) is 0.933. The second kappa shape index (κ2) is 5.60. The number of rotatable bonds is 4. The highest BCUT2D eigenvalue weighted by Gasteiger charge is 2.51. The highest BCUT2D eigenvalue weighted by atomic mass is 16.5. The van der Waals surface area contributed by atoms with Crippen LogP contribution in [0.25, 0.3) is 0 Å². The molecule has 2 unspecified atom stereocenters. The molecule has 1 fully saturated rings. The third kappa shape index (κ3) is 2.87. The SMILES string of the molecule is COC(=O)CC1(C(C)(C)N)CCCCC1C(C)C. The van der Waals surface area contributed by atoms with E-state index in [1.165, 1.54) is 26.4 Å². The van der Waals surface area contributed by atoms with Crippen molar-refractivity contribution in [3.63, 3.8) is 0 Å². The van der Waals surface area contributed by atoms with E-state index in [4.69, 9.17) is 10.5 Å². The van der Waals surface area contributed by atoms with Crippen LogP contribution in [0.4, 0.5) is 0 Å². The number of carbonyl (C=O) groups is 1. The molecule has 0 aromatic carbocycles. The van der Waals surface area contributed by atoms with Crippen LogP contribution in [0.5, 0.6) is 0 Å². The Bertz CT molecular complexity index is 293. The van der Waals surface area contributed by atoms with Gasteiger partial charge in [0, 0.05) is 11.0 Å². The van der Waals surface area contributed by atoms with Crippen molar-refractivity contribution in [3.8, 4) is 0 Å². The molecule has 0 aromatic rings. The average Bonchev–Trinajstić information content (AvgIpc) is 2.27. The molecular formula is C15H29NO2.